The summed E-state index contributed by atoms with van der Waals surface area (Å²) in [5.74, 6) is 2.25. The lowest BCUT2D eigenvalue weighted by atomic mass is 10.2. The van der Waals surface area contributed by atoms with E-state index in [2.05, 4.69) is 20.0 Å². The maximum absolute atomic E-state index is 6.60. The van der Waals surface area contributed by atoms with E-state index < -0.39 is 0 Å². The van der Waals surface area contributed by atoms with Crippen LogP contribution in [0.15, 0.2) is 23.0 Å². The molecule has 0 amide bonds. The summed E-state index contributed by atoms with van der Waals surface area (Å²) in [6.07, 6.45) is 3.87. The molecule has 1 aliphatic carbocycles. The van der Waals surface area contributed by atoms with Crippen molar-refractivity contribution in [2.24, 2.45) is 0 Å². The van der Waals surface area contributed by atoms with Crippen molar-refractivity contribution in [2.45, 2.75) is 18.8 Å². The normalized spacial score (nSPS) is 17.5. The lowest BCUT2D eigenvalue weighted by Crippen LogP contribution is -2.37. The number of rotatable bonds is 3. The Kier molecular flexibility index (Phi) is 3.94. The minimum atomic E-state index is 0.368. The molecule has 1 saturated carbocycles. The first-order valence-corrected chi connectivity index (χ1v) is 10.3. The van der Waals surface area contributed by atoms with Crippen LogP contribution in [-0.2, 0) is 4.74 Å². The lowest BCUT2D eigenvalue weighted by molar-refractivity contribution is 0.122. The Morgan fingerprint density at radius 2 is 1.83 bits per heavy atom. The number of imidazole rings is 1. The van der Waals surface area contributed by atoms with E-state index in [1.807, 2.05) is 4.40 Å². The van der Waals surface area contributed by atoms with Gasteiger partial charge in [-0.2, -0.15) is 4.98 Å². The van der Waals surface area contributed by atoms with Gasteiger partial charge in [0, 0.05) is 19.0 Å². The third kappa shape index (κ3) is 2.78. The van der Waals surface area contributed by atoms with Crippen LogP contribution >= 0.6 is 23.2 Å². The highest BCUT2D eigenvalue weighted by atomic mass is 35.5. The van der Waals surface area contributed by atoms with Gasteiger partial charge in [0.2, 0.25) is 0 Å². The fourth-order valence-electron chi connectivity index (χ4n) is 3.75. The van der Waals surface area contributed by atoms with Gasteiger partial charge < -0.3 is 14.2 Å². The Hall–Kier alpha value is -2.42. The molecule has 29 heavy (non-hydrogen) atoms. The fraction of sp³-hybridized carbons (Fsp3) is 0.368. The molecule has 4 heterocycles. The van der Waals surface area contributed by atoms with Crippen molar-refractivity contribution in [3.63, 3.8) is 0 Å². The van der Waals surface area contributed by atoms with Crippen LogP contribution in [0.1, 0.15) is 24.6 Å². The molecule has 8 nitrogen and oxygen atoms in total. The average molecular weight is 431 g/mol. The van der Waals surface area contributed by atoms with Gasteiger partial charge in [-0.15, -0.1) is 0 Å². The zero-order chi connectivity index (χ0) is 19.5. The molecule has 2 aliphatic rings. The van der Waals surface area contributed by atoms with Gasteiger partial charge >= 0.3 is 0 Å². The highest BCUT2D eigenvalue weighted by Crippen LogP contribution is 2.40. The Balaban J connectivity index is 1.62. The van der Waals surface area contributed by atoms with Gasteiger partial charge in [-0.3, -0.25) is 4.40 Å². The molecule has 148 valence electrons. The lowest BCUT2D eigenvalue weighted by Gasteiger charge is -2.29. The summed E-state index contributed by atoms with van der Waals surface area (Å²) in [5, 5.41) is 6.06. The molecule has 4 aromatic rings. The van der Waals surface area contributed by atoms with Crippen LogP contribution in [0.3, 0.4) is 0 Å². The maximum Gasteiger partial charge on any atom is 0.280 e. The number of hydrogen-bond donors (Lipinski definition) is 0. The van der Waals surface area contributed by atoms with Crippen molar-refractivity contribution >= 4 is 45.6 Å². The summed E-state index contributed by atoms with van der Waals surface area (Å²) in [6.45, 7) is 2.70. The molecule has 0 radical (unpaired) electrons. The third-order valence-corrected chi connectivity index (χ3v) is 6.01. The van der Waals surface area contributed by atoms with Crippen LogP contribution in [-0.4, -0.2) is 50.8 Å². The third-order valence-electron chi connectivity index (χ3n) is 5.39. The average Bonchev–Trinajstić information content (AvgIpc) is 3.32. The molecular weight excluding hydrogens is 415 g/mol. The first-order chi connectivity index (χ1) is 14.2. The van der Waals surface area contributed by atoms with E-state index in [1.165, 1.54) is 0 Å². The molecule has 0 spiro atoms. The molecule has 1 aliphatic heterocycles. The van der Waals surface area contributed by atoms with Crippen molar-refractivity contribution in [1.82, 2.24) is 24.5 Å². The number of anilines is 1. The first-order valence-electron chi connectivity index (χ1n) is 9.52. The van der Waals surface area contributed by atoms with Crippen LogP contribution < -0.4 is 4.90 Å². The van der Waals surface area contributed by atoms with Gasteiger partial charge in [0.25, 0.3) is 5.89 Å². The summed E-state index contributed by atoms with van der Waals surface area (Å²) in [4.78, 5) is 16.2. The molecular formula is C19H16Cl2N6O2. The largest absolute Gasteiger partial charge is 0.378 e. The smallest absolute Gasteiger partial charge is 0.280 e. The van der Waals surface area contributed by atoms with Gasteiger partial charge in [0.05, 0.1) is 34.2 Å². The van der Waals surface area contributed by atoms with Gasteiger partial charge in [-0.25, -0.2) is 9.97 Å². The summed E-state index contributed by atoms with van der Waals surface area (Å²) >= 11 is 13.2. The second-order valence-corrected chi connectivity index (χ2v) is 8.12. The SMILES string of the molecule is Clc1ccc(Cl)c2c1c(N1CCOCC1)nc1c(-c3nc(C4CC4)no3)ncn12. The number of hydrogen-bond acceptors (Lipinski definition) is 7. The first kappa shape index (κ1) is 17.4. The van der Waals surface area contributed by atoms with E-state index in [4.69, 9.17) is 37.4 Å². The standard InChI is InChI=1S/C19H16Cl2N6O2/c20-11-3-4-12(21)15-13(11)17(26-5-7-28-8-6-26)24-18-14(22-9-27(15)18)19-23-16(25-29-19)10-1-2-10/h3-4,9-10H,1-2,5-8H2. The van der Waals surface area contributed by atoms with E-state index in [1.54, 1.807) is 18.5 Å². The Morgan fingerprint density at radius 1 is 1.03 bits per heavy atom. The van der Waals surface area contributed by atoms with E-state index in [0.29, 0.717) is 46.4 Å². The number of aromatic nitrogens is 5. The molecule has 3 aromatic heterocycles. The van der Waals surface area contributed by atoms with E-state index in [-0.39, 0.29) is 0 Å². The number of halogens is 2. The Morgan fingerprint density at radius 3 is 2.62 bits per heavy atom. The number of nitrogens with zero attached hydrogens (tertiary/aromatic N) is 6. The summed E-state index contributed by atoms with van der Waals surface area (Å²) in [5.41, 5.74) is 1.90. The molecule has 10 heteroatoms. The number of fused-ring (bicyclic) bond motifs is 3. The van der Waals surface area contributed by atoms with Crippen LogP contribution in [0.5, 0.6) is 0 Å². The van der Waals surface area contributed by atoms with Crippen LogP contribution in [0.25, 0.3) is 28.1 Å². The molecule has 0 bridgehead atoms. The van der Waals surface area contributed by atoms with E-state index >= 15 is 0 Å². The van der Waals surface area contributed by atoms with Gasteiger partial charge in [-0.1, -0.05) is 28.4 Å². The Labute approximate surface area is 175 Å². The minimum Gasteiger partial charge on any atom is -0.378 e. The van der Waals surface area contributed by atoms with Crippen molar-refractivity contribution in [3.05, 3.63) is 34.3 Å². The second-order valence-electron chi connectivity index (χ2n) is 7.31. The molecule has 0 atom stereocenters. The van der Waals surface area contributed by atoms with Crippen molar-refractivity contribution in [1.29, 1.82) is 0 Å². The predicted molar refractivity (Wildman–Crippen MR) is 109 cm³/mol. The highest BCUT2D eigenvalue weighted by Gasteiger charge is 2.30. The van der Waals surface area contributed by atoms with Crippen molar-refractivity contribution in [2.75, 3.05) is 31.2 Å². The zero-order valence-corrected chi connectivity index (χ0v) is 16.8. The Bertz CT molecular complexity index is 1240. The summed E-state index contributed by atoms with van der Waals surface area (Å²) in [6, 6.07) is 3.58. The minimum absolute atomic E-state index is 0.368. The fourth-order valence-corrected chi connectivity index (χ4v) is 4.24. The van der Waals surface area contributed by atoms with Gasteiger partial charge in [-0.05, 0) is 25.0 Å². The summed E-state index contributed by atoms with van der Waals surface area (Å²) < 4.78 is 12.8. The van der Waals surface area contributed by atoms with Crippen molar-refractivity contribution < 1.29 is 9.26 Å². The van der Waals surface area contributed by atoms with Gasteiger partial charge in [0.1, 0.15) is 12.1 Å². The predicted octanol–water partition coefficient (Wildman–Crippen LogP) is 3.95. The number of ether oxygens (including phenoxy) is 1. The maximum atomic E-state index is 6.60. The van der Waals surface area contributed by atoms with Gasteiger partial charge in [0.15, 0.2) is 17.2 Å². The molecule has 0 unspecified atom stereocenters. The van der Waals surface area contributed by atoms with Crippen LogP contribution in [0, 0.1) is 0 Å². The molecule has 0 N–H and O–H groups in total. The molecule has 1 saturated heterocycles. The quantitative estimate of drug-likeness (QED) is 0.486. The summed E-state index contributed by atoms with van der Waals surface area (Å²) in [7, 11) is 0. The van der Waals surface area contributed by atoms with Crippen molar-refractivity contribution in [3.8, 4) is 11.6 Å². The van der Waals surface area contributed by atoms with Crippen LogP contribution in [0.4, 0.5) is 5.82 Å². The molecule has 1 aromatic carbocycles. The second kappa shape index (κ2) is 6.55. The number of benzene rings is 1. The molecule has 2 fully saturated rings. The van der Waals surface area contributed by atoms with E-state index in [0.717, 1.165) is 48.5 Å². The highest BCUT2D eigenvalue weighted by molar-refractivity contribution is 6.41. The van der Waals surface area contributed by atoms with E-state index in [9.17, 15) is 0 Å². The number of morpholine rings is 1. The zero-order valence-electron chi connectivity index (χ0n) is 15.3. The van der Waals surface area contributed by atoms with Crippen LogP contribution in [0.2, 0.25) is 10.0 Å². The molecule has 6 rings (SSSR count). The monoisotopic (exact) mass is 430 g/mol. The topological polar surface area (TPSA) is 81.6 Å².